The van der Waals surface area contributed by atoms with Crippen LogP contribution in [0.1, 0.15) is 58.2 Å². The highest BCUT2D eigenvalue weighted by Gasteiger charge is 2.41. The van der Waals surface area contributed by atoms with Gasteiger partial charge in [-0.25, -0.2) is 0 Å². The third kappa shape index (κ3) is 2.86. The maximum absolute atomic E-state index is 6.55. The molecule has 4 aromatic carbocycles. The lowest BCUT2D eigenvalue weighted by Gasteiger charge is -2.34. The Morgan fingerprint density at radius 2 is 1.42 bits per heavy atom. The molecular weight excluding hydrogens is 437 g/mol. The highest BCUT2D eigenvalue weighted by atomic mass is 16.5. The van der Waals surface area contributed by atoms with E-state index in [1.54, 1.807) is 0 Å². The Hall–Kier alpha value is -3.46. The lowest BCUT2D eigenvalue weighted by atomic mass is 9.34. The summed E-state index contributed by atoms with van der Waals surface area (Å²) in [4.78, 5) is 0. The van der Waals surface area contributed by atoms with Gasteiger partial charge in [0.25, 0.3) is 6.71 Å². The summed E-state index contributed by atoms with van der Waals surface area (Å²) in [6.07, 6.45) is 0. The van der Waals surface area contributed by atoms with E-state index in [2.05, 4.69) is 120 Å². The first-order valence-electron chi connectivity index (χ1n) is 13.1. The maximum Gasteiger partial charge on any atom is 0.256 e. The molecule has 5 aromatic rings. The molecule has 0 atom stereocenters. The van der Waals surface area contributed by atoms with E-state index in [-0.39, 0.29) is 17.5 Å². The molecule has 3 heterocycles. The Balaban J connectivity index is 1.71. The van der Waals surface area contributed by atoms with E-state index >= 15 is 0 Å². The van der Waals surface area contributed by atoms with Crippen LogP contribution in [0.4, 0.5) is 0 Å². The van der Waals surface area contributed by atoms with Gasteiger partial charge in [-0.05, 0) is 87.2 Å². The first kappa shape index (κ1) is 21.8. The summed E-state index contributed by atoms with van der Waals surface area (Å²) in [5.74, 6) is 1.96. The number of para-hydroxylation sites is 1. The van der Waals surface area contributed by atoms with Gasteiger partial charge in [-0.1, -0.05) is 71.9 Å². The molecule has 7 rings (SSSR count). The Kier molecular flexibility index (Phi) is 4.15. The topological polar surface area (TPSA) is 14.2 Å². The smallest absolute Gasteiger partial charge is 0.256 e. The highest BCUT2D eigenvalue weighted by Crippen LogP contribution is 2.40. The first-order valence-corrected chi connectivity index (χ1v) is 13.1. The summed E-state index contributed by atoms with van der Waals surface area (Å²) in [5, 5.41) is 2.70. The molecule has 2 aliphatic rings. The minimum atomic E-state index is 0.0435. The van der Waals surface area contributed by atoms with Crippen LogP contribution in [-0.4, -0.2) is 11.3 Å². The Morgan fingerprint density at radius 3 is 2.17 bits per heavy atom. The summed E-state index contributed by atoms with van der Waals surface area (Å²) in [7, 11) is 0. The minimum absolute atomic E-state index is 0.0435. The number of benzene rings is 4. The summed E-state index contributed by atoms with van der Waals surface area (Å²) >= 11 is 0. The average Bonchev–Trinajstić information content (AvgIpc) is 3.14. The summed E-state index contributed by atoms with van der Waals surface area (Å²) in [6.45, 7) is 16.2. The van der Waals surface area contributed by atoms with Crippen molar-refractivity contribution in [2.45, 2.75) is 59.3 Å². The Morgan fingerprint density at radius 1 is 0.694 bits per heavy atom. The SMILES string of the molecule is Cc1cc2c3c(c1)-n1c4ccc(C(C)(C)C)cc4c4cc(C(C)(C)C)cc(c41)B3c1ccccc1O2. The zero-order valence-corrected chi connectivity index (χ0v) is 22.3. The standard InChI is InChI=1S/C33H32BNO/c1-19-14-27-30-29(15-19)36-28-11-9-8-10-24(28)34(30)25-18-21(33(5,6)7)17-23-22-16-20(32(2,3)4)12-13-26(22)35(27)31(23)25/h8-18H,1-7H3. The lowest BCUT2D eigenvalue weighted by Crippen LogP contribution is -2.58. The summed E-state index contributed by atoms with van der Waals surface area (Å²) in [5.41, 5.74) is 11.9. The fourth-order valence-corrected chi connectivity index (χ4v) is 6.26. The second kappa shape index (κ2) is 6.85. The zero-order chi connectivity index (χ0) is 25.1. The number of nitrogens with zero attached hydrogens (tertiary/aromatic N) is 1. The first-order chi connectivity index (χ1) is 17.0. The van der Waals surface area contributed by atoms with Crippen molar-refractivity contribution in [1.82, 2.24) is 4.57 Å². The fourth-order valence-electron chi connectivity index (χ4n) is 6.26. The molecule has 2 nitrogen and oxygen atoms in total. The molecule has 178 valence electrons. The molecule has 0 saturated carbocycles. The number of aryl methyl sites for hydroxylation is 1. The Bertz CT molecular complexity index is 1740. The van der Waals surface area contributed by atoms with Crippen LogP contribution in [0.25, 0.3) is 27.5 Å². The van der Waals surface area contributed by atoms with Gasteiger partial charge in [0.2, 0.25) is 0 Å². The van der Waals surface area contributed by atoms with Crippen LogP contribution in [0.3, 0.4) is 0 Å². The van der Waals surface area contributed by atoms with Crippen LogP contribution < -0.4 is 21.1 Å². The lowest BCUT2D eigenvalue weighted by molar-refractivity contribution is 0.487. The molecule has 36 heavy (non-hydrogen) atoms. The van der Waals surface area contributed by atoms with E-state index in [1.165, 1.54) is 60.6 Å². The molecular formula is C33H32BNO. The van der Waals surface area contributed by atoms with Gasteiger partial charge < -0.3 is 9.30 Å². The van der Waals surface area contributed by atoms with Gasteiger partial charge in [0, 0.05) is 22.0 Å². The predicted octanol–water partition coefficient (Wildman–Crippen LogP) is 6.62. The van der Waals surface area contributed by atoms with Crippen LogP contribution in [0.2, 0.25) is 0 Å². The van der Waals surface area contributed by atoms with Crippen molar-refractivity contribution in [3.05, 3.63) is 83.4 Å². The van der Waals surface area contributed by atoms with Crippen molar-refractivity contribution < 1.29 is 4.74 Å². The van der Waals surface area contributed by atoms with E-state index < -0.39 is 0 Å². The van der Waals surface area contributed by atoms with E-state index in [1.807, 2.05) is 0 Å². The van der Waals surface area contributed by atoms with Crippen LogP contribution >= 0.6 is 0 Å². The molecule has 0 bridgehead atoms. The Labute approximate surface area is 214 Å². The molecule has 0 unspecified atom stereocenters. The third-order valence-electron chi connectivity index (χ3n) is 8.18. The zero-order valence-electron chi connectivity index (χ0n) is 22.3. The third-order valence-corrected chi connectivity index (χ3v) is 8.18. The highest BCUT2D eigenvalue weighted by molar-refractivity contribution is 6.99. The van der Waals surface area contributed by atoms with Gasteiger partial charge in [-0.15, -0.1) is 0 Å². The van der Waals surface area contributed by atoms with Gasteiger partial charge in [0.05, 0.1) is 5.52 Å². The number of hydrogen-bond donors (Lipinski definition) is 0. The second-order valence-corrected chi connectivity index (χ2v) is 12.8. The largest absolute Gasteiger partial charge is 0.458 e. The number of fused-ring (bicyclic) bond motifs is 7. The van der Waals surface area contributed by atoms with Gasteiger partial charge in [-0.2, -0.15) is 0 Å². The van der Waals surface area contributed by atoms with Crippen molar-refractivity contribution in [3.8, 4) is 17.2 Å². The van der Waals surface area contributed by atoms with Crippen molar-refractivity contribution >= 4 is 44.9 Å². The molecule has 0 fully saturated rings. The maximum atomic E-state index is 6.55. The summed E-state index contributed by atoms with van der Waals surface area (Å²) in [6, 6.07) is 25.2. The summed E-state index contributed by atoms with van der Waals surface area (Å²) < 4.78 is 9.06. The molecule has 1 aromatic heterocycles. The van der Waals surface area contributed by atoms with Crippen LogP contribution in [-0.2, 0) is 10.8 Å². The monoisotopic (exact) mass is 469 g/mol. The number of aromatic nitrogens is 1. The van der Waals surface area contributed by atoms with Gasteiger partial charge in [-0.3, -0.25) is 0 Å². The quantitative estimate of drug-likeness (QED) is 0.228. The molecule has 0 saturated heterocycles. The van der Waals surface area contributed by atoms with E-state index in [9.17, 15) is 0 Å². The van der Waals surface area contributed by atoms with Gasteiger partial charge in [0.15, 0.2) is 0 Å². The second-order valence-electron chi connectivity index (χ2n) is 12.8. The van der Waals surface area contributed by atoms with Crippen LogP contribution in [0.5, 0.6) is 11.5 Å². The van der Waals surface area contributed by atoms with Gasteiger partial charge >= 0.3 is 0 Å². The normalized spacial score (nSPS) is 14.1. The fraction of sp³-hybridized carbons (Fsp3) is 0.273. The van der Waals surface area contributed by atoms with Crippen molar-refractivity contribution in [2.24, 2.45) is 0 Å². The number of ether oxygens (including phenoxy) is 1. The molecule has 0 radical (unpaired) electrons. The number of hydrogen-bond acceptors (Lipinski definition) is 1. The van der Waals surface area contributed by atoms with Crippen LogP contribution in [0.15, 0.2) is 66.7 Å². The minimum Gasteiger partial charge on any atom is -0.458 e. The molecule has 0 amide bonds. The molecule has 2 aliphatic heterocycles. The number of rotatable bonds is 0. The van der Waals surface area contributed by atoms with E-state index in [0.29, 0.717) is 0 Å². The van der Waals surface area contributed by atoms with Crippen molar-refractivity contribution in [2.75, 3.05) is 0 Å². The predicted molar refractivity (Wildman–Crippen MR) is 154 cm³/mol. The van der Waals surface area contributed by atoms with Crippen LogP contribution in [0, 0.1) is 6.92 Å². The van der Waals surface area contributed by atoms with Crippen molar-refractivity contribution in [3.63, 3.8) is 0 Å². The molecule has 0 N–H and O–H groups in total. The molecule has 3 heteroatoms. The van der Waals surface area contributed by atoms with E-state index in [4.69, 9.17) is 4.74 Å². The average molecular weight is 469 g/mol. The van der Waals surface area contributed by atoms with Crippen molar-refractivity contribution in [1.29, 1.82) is 0 Å². The van der Waals surface area contributed by atoms with Gasteiger partial charge in [0.1, 0.15) is 11.5 Å². The van der Waals surface area contributed by atoms with E-state index in [0.717, 1.165) is 11.5 Å². The molecule has 0 aliphatic carbocycles. The molecule has 0 spiro atoms.